The second kappa shape index (κ2) is 1.26. The summed E-state index contributed by atoms with van der Waals surface area (Å²) in [4.78, 5) is 0. The normalized spacial score (nSPS) is 9.29. The van der Waals surface area contributed by atoms with Crippen molar-refractivity contribution in [3.63, 3.8) is 0 Å². The molecule has 0 atom stereocenters. The first-order valence-corrected chi connectivity index (χ1v) is 2.05. The Morgan fingerprint density at radius 1 is 1.86 bits per heavy atom. The molecule has 7 heavy (non-hydrogen) atoms. The van der Waals surface area contributed by atoms with Gasteiger partial charge in [0.1, 0.15) is 0 Å². The third kappa shape index (κ3) is 0.559. The highest BCUT2D eigenvalue weighted by atomic mass is 16.3. The molecule has 0 aromatic carbocycles. The van der Waals surface area contributed by atoms with Gasteiger partial charge in [0.2, 0.25) is 5.88 Å². The zero-order valence-corrected chi connectivity index (χ0v) is 4.02. The van der Waals surface area contributed by atoms with Crippen LogP contribution in [0.5, 0.6) is 5.88 Å². The Labute approximate surface area is 41.0 Å². The third-order valence-electron chi connectivity index (χ3n) is 0.853. The first kappa shape index (κ1) is 4.18. The number of hydrogen-bond donors (Lipinski definition) is 2. The number of rotatable bonds is 0. The molecule has 38 valence electrons. The van der Waals surface area contributed by atoms with Crippen molar-refractivity contribution in [3.05, 3.63) is 11.8 Å². The molecule has 0 spiro atoms. The molecule has 0 saturated carbocycles. The van der Waals surface area contributed by atoms with Crippen LogP contribution in [0.3, 0.4) is 0 Å². The van der Waals surface area contributed by atoms with E-state index in [9.17, 15) is 0 Å². The van der Waals surface area contributed by atoms with Gasteiger partial charge >= 0.3 is 0 Å². The largest absolute Gasteiger partial charge is 0.491 e. The van der Waals surface area contributed by atoms with E-state index in [0.717, 1.165) is 5.56 Å². The van der Waals surface area contributed by atoms with E-state index in [1.54, 1.807) is 6.20 Å². The second-order valence-electron chi connectivity index (χ2n) is 1.45. The van der Waals surface area contributed by atoms with Gasteiger partial charge in [-0.15, -0.1) is 10.2 Å². The van der Waals surface area contributed by atoms with Gasteiger partial charge in [-0.1, -0.05) is 0 Å². The summed E-state index contributed by atoms with van der Waals surface area (Å²) in [6, 6.07) is 0. The predicted octanol–water partition coefficient (Wildman–Crippen LogP) is -0.157. The minimum Gasteiger partial charge on any atom is -0.491 e. The van der Waals surface area contributed by atoms with Crippen molar-refractivity contribution in [1.29, 1.82) is 0 Å². The van der Waals surface area contributed by atoms with Crippen LogP contribution in [0.15, 0.2) is 6.20 Å². The van der Waals surface area contributed by atoms with Gasteiger partial charge < -0.3 is 5.11 Å². The summed E-state index contributed by atoms with van der Waals surface area (Å²) in [5, 5.41) is 13.8. The molecule has 0 aliphatic heterocycles. The molecule has 0 radical (unpaired) electrons. The fourth-order valence-electron chi connectivity index (χ4n) is 0.380. The van der Waals surface area contributed by atoms with Crippen molar-refractivity contribution >= 4 is 0 Å². The first-order valence-electron chi connectivity index (χ1n) is 2.05. The molecule has 1 aromatic rings. The standard InChI is InChI=1S/C4H6N2O/c1-3-2-5-6-4(3)7/h2H,1H3,(H2,5,6,7)/p+1. The van der Waals surface area contributed by atoms with E-state index >= 15 is 0 Å². The molecule has 0 fully saturated rings. The smallest absolute Gasteiger partial charge is 0.249 e. The zero-order chi connectivity index (χ0) is 5.28. The fourth-order valence-corrected chi connectivity index (χ4v) is 0.380. The van der Waals surface area contributed by atoms with Crippen molar-refractivity contribution in [1.82, 2.24) is 5.10 Å². The van der Waals surface area contributed by atoms with Crippen LogP contribution in [-0.4, -0.2) is 10.2 Å². The first-order chi connectivity index (χ1) is 3.30. The number of aryl methyl sites for hydroxylation is 1. The van der Waals surface area contributed by atoms with Gasteiger partial charge in [0.25, 0.3) is 0 Å². The zero-order valence-electron chi connectivity index (χ0n) is 4.02. The van der Waals surface area contributed by atoms with E-state index in [1.807, 2.05) is 6.92 Å². The molecule has 3 nitrogen and oxygen atoms in total. The van der Waals surface area contributed by atoms with Crippen LogP contribution in [0.4, 0.5) is 0 Å². The number of aromatic amines is 2. The Bertz CT molecular complexity index is 142. The van der Waals surface area contributed by atoms with Crippen molar-refractivity contribution in [2.75, 3.05) is 0 Å². The number of nitrogens with one attached hydrogen (secondary N) is 2. The fraction of sp³-hybridized carbons (Fsp3) is 0.250. The molecule has 0 aliphatic carbocycles. The monoisotopic (exact) mass is 99.1 g/mol. The third-order valence-corrected chi connectivity index (χ3v) is 0.853. The Balaban J connectivity index is 3.12. The predicted molar refractivity (Wildman–Crippen MR) is 23.8 cm³/mol. The molecule has 1 rings (SSSR count). The number of aromatic hydroxyl groups is 1. The van der Waals surface area contributed by atoms with E-state index in [-0.39, 0.29) is 5.88 Å². The highest BCUT2D eigenvalue weighted by Crippen LogP contribution is 2.04. The molecule has 3 N–H and O–H groups in total. The van der Waals surface area contributed by atoms with E-state index in [2.05, 4.69) is 10.2 Å². The van der Waals surface area contributed by atoms with Crippen LogP contribution >= 0.6 is 0 Å². The maximum Gasteiger partial charge on any atom is 0.249 e. The molecule has 0 aliphatic rings. The SMILES string of the molecule is Cc1c[nH+][nH]c1O. The van der Waals surface area contributed by atoms with Gasteiger partial charge in [-0.25, -0.2) is 0 Å². The quantitative estimate of drug-likeness (QED) is 0.466. The summed E-state index contributed by atoms with van der Waals surface area (Å²) in [5.41, 5.74) is 0.833. The van der Waals surface area contributed by atoms with Crippen LogP contribution in [0, 0.1) is 6.92 Å². The van der Waals surface area contributed by atoms with Gasteiger partial charge in [-0.2, -0.15) is 0 Å². The van der Waals surface area contributed by atoms with Crippen molar-refractivity contribution < 1.29 is 10.2 Å². The Hall–Kier alpha value is -0.990. The van der Waals surface area contributed by atoms with Crippen LogP contribution in [-0.2, 0) is 0 Å². The van der Waals surface area contributed by atoms with Gasteiger partial charge in [0, 0.05) is 0 Å². The van der Waals surface area contributed by atoms with Crippen LogP contribution < -0.4 is 5.10 Å². The number of H-pyrrole nitrogens is 2. The molecule has 0 amide bonds. The van der Waals surface area contributed by atoms with Crippen molar-refractivity contribution in [2.45, 2.75) is 6.92 Å². The lowest BCUT2D eigenvalue weighted by Crippen LogP contribution is -1.96. The van der Waals surface area contributed by atoms with Gasteiger partial charge in [-0.3, -0.25) is 0 Å². The molecule has 0 saturated heterocycles. The summed E-state index contributed by atoms with van der Waals surface area (Å²) >= 11 is 0. The Morgan fingerprint density at radius 3 is 2.71 bits per heavy atom. The maximum atomic E-state index is 8.67. The second-order valence-corrected chi connectivity index (χ2v) is 1.45. The highest BCUT2D eigenvalue weighted by Gasteiger charge is 1.96. The molecular formula is C4H7N2O+. The van der Waals surface area contributed by atoms with Gasteiger partial charge in [0.05, 0.1) is 5.56 Å². The lowest BCUT2D eigenvalue weighted by atomic mass is 10.4. The topological polar surface area (TPSA) is 50.2 Å². The average Bonchev–Trinajstić information content (AvgIpc) is 1.91. The van der Waals surface area contributed by atoms with Crippen LogP contribution in [0.2, 0.25) is 0 Å². The van der Waals surface area contributed by atoms with E-state index in [4.69, 9.17) is 5.11 Å². The Kier molecular flexibility index (Phi) is 0.749. The molecule has 0 unspecified atom stereocenters. The summed E-state index contributed by atoms with van der Waals surface area (Å²) in [5.74, 6) is 0.208. The van der Waals surface area contributed by atoms with Crippen LogP contribution in [0.25, 0.3) is 0 Å². The lowest BCUT2D eigenvalue weighted by molar-refractivity contribution is -0.450. The minimum absolute atomic E-state index is 0.208. The Morgan fingerprint density at radius 2 is 2.57 bits per heavy atom. The lowest BCUT2D eigenvalue weighted by Gasteiger charge is -1.73. The summed E-state index contributed by atoms with van der Waals surface area (Å²) in [6.45, 7) is 1.81. The number of hydrogen-bond acceptors (Lipinski definition) is 1. The van der Waals surface area contributed by atoms with Crippen molar-refractivity contribution in [2.24, 2.45) is 0 Å². The molecule has 1 heterocycles. The van der Waals surface area contributed by atoms with E-state index < -0.39 is 0 Å². The number of aromatic nitrogens is 2. The van der Waals surface area contributed by atoms with Crippen molar-refractivity contribution in [3.8, 4) is 5.88 Å². The molecular weight excluding hydrogens is 92.1 g/mol. The average molecular weight is 99.1 g/mol. The van der Waals surface area contributed by atoms with E-state index in [1.165, 1.54) is 0 Å². The molecule has 0 bridgehead atoms. The highest BCUT2D eigenvalue weighted by molar-refractivity contribution is 5.14. The maximum absolute atomic E-state index is 8.67. The summed E-state index contributed by atoms with van der Waals surface area (Å²) < 4.78 is 0. The van der Waals surface area contributed by atoms with Gasteiger partial charge in [-0.05, 0) is 6.92 Å². The van der Waals surface area contributed by atoms with Gasteiger partial charge in [0.15, 0.2) is 6.20 Å². The van der Waals surface area contributed by atoms with Crippen LogP contribution in [0.1, 0.15) is 5.56 Å². The minimum atomic E-state index is 0.208. The molecule has 1 aromatic heterocycles. The van der Waals surface area contributed by atoms with E-state index in [0.29, 0.717) is 0 Å². The summed E-state index contributed by atoms with van der Waals surface area (Å²) in [6.07, 6.45) is 1.69. The molecule has 3 heteroatoms. The summed E-state index contributed by atoms with van der Waals surface area (Å²) in [7, 11) is 0.